The van der Waals surface area contributed by atoms with Crippen LogP contribution in [0, 0.1) is 5.92 Å². The van der Waals surface area contributed by atoms with Crippen molar-refractivity contribution < 1.29 is 18.3 Å². The number of phenols is 1. The van der Waals surface area contributed by atoms with Gasteiger partial charge in [-0.3, -0.25) is 4.90 Å². The first kappa shape index (κ1) is 22.8. The molecule has 1 saturated carbocycles. The van der Waals surface area contributed by atoms with Crippen LogP contribution in [0.3, 0.4) is 0 Å². The van der Waals surface area contributed by atoms with E-state index in [1.165, 1.54) is 6.07 Å². The van der Waals surface area contributed by atoms with E-state index < -0.39 is 17.8 Å². The van der Waals surface area contributed by atoms with E-state index in [-0.39, 0.29) is 36.1 Å². The third-order valence-electron chi connectivity index (χ3n) is 4.65. The van der Waals surface area contributed by atoms with Crippen LogP contribution in [-0.4, -0.2) is 36.2 Å². The van der Waals surface area contributed by atoms with Crippen LogP contribution in [0.4, 0.5) is 13.2 Å². The molecule has 0 amide bonds. The van der Waals surface area contributed by atoms with E-state index in [4.69, 9.17) is 0 Å². The number of rotatable bonds is 4. The van der Waals surface area contributed by atoms with Gasteiger partial charge in [-0.25, -0.2) is 0 Å². The number of nitrogens with zero attached hydrogens (tertiary/aromatic N) is 1. The summed E-state index contributed by atoms with van der Waals surface area (Å²) in [6, 6.07) is 1.95. The lowest BCUT2D eigenvalue weighted by Crippen LogP contribution is -2.45. The van der Waals surface area contributed by atoms with Crippen molar-refractivity contribution in [3.8, 4) is 5.75 Å². The van der Waals surface area contributed by atoms with E-state index >= 15 is 0 Å². The summed E-state index contributed by atoms with van der Waals surface area (Å²) < 4.78 is 40.8. The maximum atomic E-state index is 13.5. The van der Waals surface area contributed by atoms with Crippen molar-refractivity contribution in [1.29, 1.82) is 0 Å². The first-order valence-electron chi connectivity index (χ1n) is 7.91. The summed E-state index contributed by atoms with van der Waals surface area (Å²) in [6.45, 7) is 2.91. The highest BCUT2D eigenvalue weighted by Gasteiger charge is 2.40. The zero-order valence-electron chi connectivity index (χ0n) is 13.5. The highest BCUT2D eigenvalue weighted by Crippen LogP contribution is 2.48. The maximum absolute atomic E-state index is 13.5. The predicted octanol–water partition coefficient (Wildman–Crippen LogP) is 4.76. The second-order valence-electron chi connectivity index (χ2n) is 6.34. The van der Waals surface area contributed by atoms with E-state index in [1.807, 2.05) is 0 Å². The van der Waals surface area contributed by atoms with Gasteiger partial charge in [0.25, 0.3) is 0 Å². The minimum absolute atomic E-state index is 0. The number of hydrogen-bond acceptors (Lipinski definition) is 3. The molecule has 1 aliphatic carbocycles. The Bertz CT molecular complexity index is 579. The molecule has 25 heavy (non-hydrogen) atoms. The SMILES string of the molecule is Cl.Cl.Oc1c(Br)ccc(C(F)(F)F)c1[C@@H](CC1CC1)N1CCNCC1. The van der Waals surface area contributed by atoms with Gasteiger partial charge < -0.3 is 10.4 Å². The summed E-state index contributed by atoms with van der Waals surface area (Å²) >= 11 is 3.17. The summed E-state index contributed by atoms with van der Waals surface area (Å²) in [5, 5.41) is 13.6. The minimum Gasteiger partial charge on any atom is -0.506 e. The van der Waals surface area contributed by atoms with Crippen molar-refractivity contribution in [2.24, 2.45) is 5.92 Å². The number of aromatic hydroxyl groups is 1. The zero-order chi connectivity index (χ0) is 16.6. The van der Waals surface area contributed by atoms with Crippen LogP contribution >= 0.6 is 40.7 Å². The summed E-state index contributed by atoms with van der Waals surface area (Å²) in [7, 11) is 0. The van der Waals surface area contributed by atoms with Gasteiger partial charge in [0.15, 0.2) is 0 Å². The van der Waals surface area contributed by atoms with Crippen LogP contribution in [0.1, 0.15) is 36.4 Å². The average Bonchev–Trinajstić information content (AvgIpc) is 3.32. The summed E-state index contributed by atoms with van der Waals surface area (Å²) in [5.41, 5.74) is -0.692. The number of nitrogens with one attached hydrogen (secondary N) is 1. The van der Waals surface area contributed by atoms with Crippen LogP contribution in [0.25, 0.3) is 0 Å². The molecule has 3 rings (SSSR count). The highest BCUT2D eigenvalue weighted by molar-refractivity contribution is 9.10. The Balaban J connectivity index is 0.00000156. The molecule has 144 valence electrons. The van der Waals surface area contributed by atoms with Crippen molar-refractivity contribution in [2.75, 3.05) is 26.2 Å². The fourth-order valence-corrected chi connectivity index (χ4v) is 3.62. The first-order chi connectivity index (χ1) is 10.9. The molecule has 2 N–H and O–H groups in total. The number of alkyl halides is 3. The third kappa shape index (κ3) is 5.39. The Morgan fingerprint density at radius 3 is 2.32 bits per heavy atom. The van der Waals surface area contributed by atoms with Gasteiger partial charge in [-0.1, -0.05) is 12.8 Å². The average molecular weight is 466 g/mol. The van der Waals surface area contributed by atoms with Crippen molar-refractivity contribution in [3.05, 3.63) is 27.7 Å². The lowest BCUT2D eigenvalue weighted by atomic mass is 9.93. The lowest BCUT2D eigenvalue weighted by molar-refractivity contribution is -0.139. The van der Waals surface area contributed by atoms with Gasteiger partial charge in [0, 0.05) is 37.8 Å². The second-order valence-corrected chi connectivity index (χ2v) is 7.19. The Kier molecular flexibility index (Phi) is 8.34. The number of phenolic OH excluding ortho intramolecular Hbond substituents is 1. The van der Waals surface area contributed by atoms with E-state index in [2.05, 4.69) is 26.1 Å². The fraction of sp³-hybridized carbons (Fsp3) is 0.625. The number of halogens is 6. The Morgan fingerprint density at radius 2 is 1.80 bits per heavy atom. The van der Waals surface area contributed by atoms with Crippen LogP contribution in [0.5, 0.6) is 5.75 Å². The van der Waals surface area contributed by atoms with Crippen molar-refractivity contribution in [1.82, 2.24) is 10.2 Å². The van der Waals surface area contributed by atoms with E-state index in [0.29, 0.717) is 29.9 Å². The summed E-state index contributed by atoms with van der Waals surface area (Å²) in [6.07, 6.45) is -1.66. The number of hydrogen-bond donors (Lipinski definition) is 2. The van der Waals surface area contributed by atoms with E-state index in [1.54, 1.807) is 0 Å². The van der Waals surface area contributed by atoms with Crippen LogP contribution in [0.15, 0.2) is 16.6 Å². The quantitative estimate of drug-likeness (QED) is 0.672. The molecular weight excluding hydrogens is 444 g/mol. The minimum atomic E-state index is -4.47. The van der Waals surface area contributed by atoms with Crippen molar-refractivity contribution in [2.45, 2.75) is 31.5 Å². The highest BCUT2D eigenvalue weighted by atomic mass is 79.9. The molecule has 2 aliphatic rings. The molecule has 0 radical (unpaired) electrons. The van der Waals surface area contributed by atoms with Crippen LogP contribution in [-0.2, 0) is 6.18 Å². The Morgan fingerprint density at radius 1 is 1.20 bits per heavy atom. The topological polar surface area (TPSA) is 35.5 Å². The third-order valence-corrected chi connectivity index (χ3v) is 5.29. The van der Waals surface area contributed by atoms with Gasteiger partial charge in [0.2, 0.25) is 0 Å². The van der Waals surface area contributed by atoms with Gasteiger partial charge in [-0.05, 0) is 40.4 Å². The number of piperazine rings is 1. The smallest absolute Gasteiger partial charge is 0.416 e. The molecule has 1 aliphatic heterocycles. The Hall–Kier alpha value is -0.210. The molecule has 0 aromatic heterocycles. The fourth-order valence-electron chi connectivity index (χ4n) is 3.28. The molecular formula is C16H22BrCl2F3N2O. The normalized spacial score (nSPS) is 19.7. The van der Waals surface area contributed by atoms with Crippen LogP contribution in [0.2, 0.25) is 0 Å². The molecule has 1 saturated heterocycles. The predicted molar refractivity (Wildman–Crippen MR) is 99.8 cm³/mol. The van der Waals surface area contributed by atoms with Crippen molar-refractivity contribution >= 4 is 40.7 Å². The molecule has 1 heterocycles. The molecule has 1 atom stereocenters. The monoisotopic (exact) mass is 464 g/mol. The summed E-state index contributed by atoms with van der Waals surface area (Å²) in [4.78, 5) is 2.07. The second kappa shape index (κ2) is 9.13. The molecule has 2 fully saturated rings. The van der Waals surface area contributed by atoms with Crippen molar-refractivity contribution in [3.63, 3.8) is 0 Å². The molecule has 1 aromatic rings. The van der Waals surface area contributed by atoms with Crippen LogP contribution < -0.4 is 5.32 Å². The van der Waals surface area contributed by atoms with Gasteiger partial charge in [0.05, 0.1) is 10.0 Å². The first-order valence-corrected chi connectivity index (χ1v) is 8.70. The molecule has 0 bridgehead atoms. The molecule has 3 nitrogen and oxygen atoms in total. The molecule has 9 heteroatoms. The Labute approximate surface area is 166 Å². The summed E-state index contributed by atoms with van der Waals surface area (Å²) in [5.74, 6) is 0.193. The standard InChI is InChI=1S/C16H20BrF3N2O.2ClH/c17-12-4-3-11(16(18,19)20)14(15(12)23)13(9-10-1-2-10)22-7-5-21-6-8-22;;/h3-4,10,13,21,23H,1-2,5-9H2;2*1H/t13-;;/m1../s1. The van der Waals surface area contributed by atoms with E-state index in [9.17, 15) is 18.3 Å². The van der Waals surface area contributed by atoms with Gasteiger partial charge in [-0.2, -0.15) is 13.2 Å². The van der Waals surface area contributed by atoms with Gasteiger partial charge in [-0.15, -0.1) is 24.8 Å². The molecule has 1 aromatic carbocycles. The number of benzene rings is 1. The lowest BCUT2D eigenvalue weighted by Gasteiger charge is -2.37. The zero-order valence-corrected chi connectivity index (χ0v) is 16.7. The molecule has 0 unspecified atom stereocenters. The van der Waals surface area contributed by atoms with E-state index in [0.717, 1.165) is 32.0 Å². The molecule has 0 spiro atoms. The largest absolute Gasteiger partial charge is 0.506 e. The van der Waals surface area contributed by atoms with Gasteiger partial charge in [0.1, 0.15) is 5.75 Å². The maximum Gasteiger partial charge on any atom is 0.416 e. The van der Waals surface area contributed by atoms with Gasteiger partial charge >= 0.3 is 6.18 Å².